The predicted octanol–water partition coefficient (Wildman–Crippen LogP) is 2.34. The van der Waals surface area contributed by atoms with Crippen molar-refractivity contribution in [2.45, 2.75) is 26.2 Å². The molecule has 2 heterocycles. The number of Topliss-reactive ketones (excluding diaryl/α,β-unsaturated/α-hetero) is 1. The Morgan fingerprint density at radius 1 is 1.30 bits per heavy atom. The molecule has 1 amide bonds. The molecular weight excluding hydrogens is 254 g/mol. The number of nitrogens with zero attached hydrogens (tertiary/aromatic N) is 1. The molecular formula is C15H15N3O2. The summed E-state index contributed by atoms with van der Waals surface area (Å²) in [5, 5.41) is 9.58. The maximum absolute atomic E-state index is 12.8. The molecule has 1 atom stereocenters. The van der Waals surface area contributed by atoms with E-state index in [1.165, 1.54) is 0 Å². The van der Waals surface area contributed by atoms with Gasteiger partial charge in [-0.05, 0) is 19.4 Å². The Morgan fingerprint density at radius 2 is 2.05 bits per heavy atom. The Labute approximate surface area is 116 Å². The molecule has 20 heavy (non-hydrogen) atoms. The summed E-state index contributed by atoms with van der Waals surface area (Å²) in [6.07, 6.45) is 0.167. The number of carbonyl (C=O) groups is 2. The Kier molecular flexibility index (Phi) is 2.89. The lowest BCUT2D eigenvalue weighted by molar-refractivity contribution is -0.116. The van der Waals surface area contributed by atoms with E-state index in [0.717, 1.165) is 16.8 Å². The van der Waals surface area contributed by atoms with Crippen molar-refractivity contribution in [3.05, 3.63) is 46.6 Å². The molecule has 3 rings (SSSR count). The van der Waals surface area contributed by atoms with Gasteiger partial charge in [0.2, 0.25) is 5.91 Å². The third kappa shape index (κ3) is 1.91. The Morgan fingerprint density at radius 3 is 2.80 bits per heavy atom. The molecule has 0 bridgehead atoms. The lowest BCUT2D eigenvalue weighted by atomic mass is 9.84. The van der Waals surface area contributed by atoms with E-state index in [-0.39, 0.29) is 18.1 Å². The molecule has 0 saturated heterocycles. The second kappa shape index (κ2) is 4.59. The zero-order valence-corrected chi connectivity index (χ0v) is 11.4. The third-order valence-corrected chi connectivity index (χ3v) is 3.72. The van der Waals surface area contributed by atoms with Crippen LogP contribution in [0.25, 0.3) is 0 Å². The van der Waals surface area contributed by atoms with Crippen molar-refractivity contribution >= 4 is 17.5 Å². The molecule has 1 aliphatic rings. The first kappa shape index (κ1) is 12.6. The first-order valence-electron chi connectivity index (χ1n) is 6.52. The summed E-state index contributed by atoms with van der Waals surface area (Å²) in [5.74, 6) is -0.177. The molecule has 102 valence electrons. The standard InChI is InChI=1S/C15H15N3O2/c1-8-5-3-4-6-10(8)14(20)11-7-12(19)16-15-13(11)9(2)17-18-15/h3-6,11H,7H2,1-2H3,(H2,16,17,18,19). The molecule has 5 nitrogen and oxygen atoms in total. The number of anilines is 1. The summed E-state index contributed by atoms with van der Waals surface area (Å²) >= 11 is 0. The summed E-state index contributed by atoms with van der Waals surface area (Å²) < 4.78 is 0. The van der Waals surface area contributed by atoms with Gasteiger partial charge in [0.25, 0.3) is 0 Å². The number of fused-ring (bicyclic) bond motifs is 1. The fourth-order valence-corrected chi connectivity index (χ4v) is 2.69. The number of hydrogen-bond donors (Lipinski definition) is 2. The minimum atomic E-state index is -0.460. The smallest absolute Gasteiger partial charge is 0.226 e. The van der Waals surface area contributed by atoms with Gasteiger partial charge in [0.05, 0.1) is 5.92 Å². The van der Waals surface area contributed by atoms with E-state index in [2.05, 4.69) is 15.5 Å². The van der Waals surface area contributed by atoms with Crippen molar-refractivity contribution in [2.24, 2.45) is 0 Å². The maximum Gasteiger partial charge on any atom is 0.226 e. The van der Waals surface area contributed by atoms with E-state index in [9.17, 15) is 9.59 Å². The quantitative estimate of drug-likeness (QED) is 0.822. The van der Waals surface area contributed by atoms with Crippen molar-refractivity contribution in [2.75, 3.05) is 5.32 Å². The summed E-state index contributed by atoms with van der Waals surface area (Å²) in [7, 11) is 0. The summed E-state index contributed by atoms with van der Waals surface area (Å²) in [6.45, 7) is 3.76. The SMILES string of the molecule is Cc1ccccc1C(=O)C1CC(=O)Nc2n[nH]c(C)c21. The van der Waals surface area contributed by atoms with Gasteiger partial charge in [0, 0.05) is 23.2 Å². The number of aryl methyl sites for hydroxylation is 2. The molecule has 0 fully saturated rings. The molecule has 0 aliphatic carbocycles. The predicted molar refractivity (Wildman–Crippen MR) is 74.8 cm³/mol. The molecule has 2 aromatic rings. The maximum atomic E-state index is 12.8. The van der Waals surface area contributed by atoms with E-state index in [1.807, 2.05) is 32.0 Å². The molecule has 1 aliphatic heterocycles. The van der Waals surface area contributed by atoms with Crippen LogP contribution in [-0.4, -0.2) is 21.9 Å². The third-order valence-electron chi connectivity index (χ3n) is 3.72. The van der Waals surface area contributed by atoms with Crippen LogP contribution in [0.3, 0.4) is 0 Å². The number of nitrogens with one attached hydrogen (secondary N) is 2. The van der Waals surface area contributed by atoms with Crippen LogP contribution in [0.2, 0.25) is 0 Å². The van der Waals surface area contributed by atoms with Crippen molar-refractivity contribution in [1.29, 1.82) is 0 Å². The minimum absolute atomic E-state index is 0.0244. The number of ketones is 1. The van der Waals surface area contributed by atoms with E-state index in [1.54, 1.807) is 6.07 Å². The summed E-state index contributed by atoms with van der Waals surface area (Å²) in [6, 6.07) is 7.44. The van der Waals surface area contributed by atoms with E-state index >= 15 is 0 Å². The molecule has 1 unspecified atom stereocenters. The molecule has 0 radical (unpaired) electrons. The largest absolute Gasteiger partial charge is 0.309 e. The van der Waals surface area contributed by atoms with Gasteiger partial charge in [-0.2, -0.15) is 5.10 Å². The Balaban J connectivity index is 2.06. The van der Waals surface area contributed by atoms with Gasteiger partial charge in [-0.3, -0.25) is 14.7 Å². The number of amides is 1. The molecule has 1 aromatic carbocycles. The lowest BCUT2D eigenvalue weighted by Gasteiger charge is -2.22. The van der Waals surface area contributed by atoms with Crippen LogP contribution in [0.4, 0.5) is 5.82 Å². The second-order valence-electron chi connectivity index (χ2n) is 5.09. The van der Waals surface area contributed by atoms with Crippen LogP contribution >= 0.6 is 0 Å². The van der Waals surface area contributed by atoms with Crippen molar-refractivity contribution in [1.82, 2.24) is 10.2 Å². The number of aromatic nitrogens is 2. The number of carbonyl (C=O) groups excluding carboxylic acids is 2. The minimum Gasteiger partial charge on any atom is -0.309 e. The Bertz CT molecular complexity index is 703. The summed E-state index contributed by atoms with van der Waals surface area (Å²) in [5.41, 5.74) is 3.22. The van der Waals surface area contributed by atoms with Crippen LogP contribution in [0.15, 0.2) is 24.3 Å². The number of aromatic amines is 1. The van der Waals surface area contributed by atoms with Crippen LogP contribution in [0, 0.1) is 13.8 Å². The van der Waals surface area contributed by atoms with E-state index in [4.69, 9.17) is 0 Å². The average Bonchev–Trinajstić information content (AvgIpc) is 2.79. The van der Waals surface area contributed by atoms with Crippen molar-refractivity contribution < 1.29 is 9.59 Å². The Hall–Kier alpha value is -2.43. The molecule has 2 N–H and O–H groups in total. The topological polar surface area (TPSA) is 74.8 Å². The highest BCUT2D eigenvalue weighted by atomic mass is 16.2. The van der Waals surface area contributed by atoms with Gasteiger partial charge in [-0.25, -0.2) is 0 Å². The van der Waals surface area contributed by atoms with Crippen LogP contribution in [0.5, 0.6) is 0 Å². The monoisotopic (exact) mass is 269 g/mol. The highest BCUT2D eigenvalue weighted by Crippen LogP contribution is 2.35. The van der Waals surface area contributed by atoms with Crippen molar-refractivity contribution in [3.63, 3.8) is 0 Å². The average molecular weight is 269 g/mol. The second-order valence-corrected chi connectivity index (χ2v) is 5.09. The van der Waals surface area contributed by atoms with Crippen LogP contribution in [0.1, 0.15) is 39.5 Å². The normalized spacial score (nSPS) is 17.5. The van der Waals surface area contributed by atoms with Gasteiger partial charge >= 0.3 is 0 Å². The van der Waals surface area contributed by atoms with Crippen LogP contribution in [-0.2, 0) is 4.79 Å². The van der Waals surface area contributed by atoms with E-state index < -0.39 is 5.92 Å². The van der Waals surface area contributed by atoms with Gasteiger partial charge < -0.3 is 5.32 Å². The van der Waals surface area contributed by atoms with Crippen molar-refractivity contribution in [3.8, 4) is 0 Å². The fraction of sp³-hybridized carbons (Fsp3) is 0.267. The van der Waals surface area contributed by atoms with E-state index in [0.29, 0.717) is 11.4 Å². The molecule has 5 heteroatoms. The molecule has 0 spiro atoms. The zero-order chi connectivity index (χ0) is 14.3. The summed E-state index contributed by atoms with van der Waals surface area (Å²) in [4.78, 5) is 24.5. The first-order valence-corrected chi connectivity index (χ1v) is 6.52. The van der Waals surface area contributed by atoms with Gasteiger partial charge in [0.1, 0.15) is 0 Å². The highest BCUT2D eigenvalue weighted by Gasteiger charge is 2.34. The number of benzene rings is 1. The fourth-order valence-electron chi connectivity index (χ4n) is 2.69. The zero-order valence-electron chi connectivity index (χ0n) is 11.4. The first-order chi connectivity index (χ1) is 9.58. The molecule has 0 saturated carbocycles. The number of rotatable bonds is 2. The molecule has 1 aromatic heterocycles. The number of H-pyrrole nitrogens is 1. The number of hydrogen-bond acceptors (Lipinski definition) is 3. The van der Waals surface area contributed by atoms with Crippen LogP contribution < -0.4 is 5.32 Å². The van der Waals surface area contributed by atoms with Gasteiger partial charge in [-0.15, -0.1) is 0 Å². The van der Waals surface area contributed by atoms with Gasteiger partial charge in [0.15, 0.2) is 11.6 Å². The van der Waals surface area contributed by atoms with Gasteiger partial charge in [-0.1, -0.05) is 24.3 Å². The lowest BCUT2D eigenvalue weighted by Crippen LogP contribution is -2.27. The highest BCUT2D eigenvalue weighted by molar-refractivity contribution is 6.08.